The maximum atomic E-state index is 12.8. The molecule has 0 radical (unpaired) electrons. The number of thiazole rings is 1. The molecule has 114 valence electrons. The molecule has 0 aliphatic carbocycles. The first-order valence-corrected chi connectivity index (χ1v) is 9.56. The third-order valence-electron chi connectivity index (χ3n) is 3.89. The van der Waals surface area contributed by atoms with Crippen LogP contribution in [0.15, 0.2) is 11.6 Å². The summed E-state index contributed by atoms with van der Waals surface area (Å²) in [4.78, 5) is 19.7. The number of fused-ring (bicyclic) bond motifs is 1. The van der Waals surface area contributed by atoms with Crippen molar-refractivity contribution in [3.8, 4) is 0 Å². The first-order chi connectivity index (χ1) is 9.93. The van der Waals surface area contributed by atoms with Crippen molar-refractivity contribution in [2.75, 3.05) is 18.1 Å². The van der Waals surface area contributed by atoms with Crippen LogP contribution in [0.5, 0.6) is 0 Å². The average Bonchev–Trinajstić information content (AvgIpc) is 3.04. The van der Waals surface area contributed by atoms with E-state index in [1.165, 1.54) is 11.3 Å². The van der Waals surface area contributed by atoms with E-state index in [1.807, 2.05) is 25.4 Å². The van der Waals surface area contributed by atoms with Gasteiger partial charge in [0.05, 0.1) is 17.2 Å². The Kier molecular flexibility index (Phi) is 3.53. The minimum atomic E-state index is -3.01. The normalized spacial score (nSPS) is 21.0. The highest BCUT2D eigenvalue weighted by atomic mass is 32.2. The zero-order valence-corrected chi connectivity index (χ0v) is 13.6. The summed E-state index contributed by atoms with van der Waals surface area (Å²) in [5.74, 6) is 0.0979. The van der Waals surface area contributed by atoms with Crippen LogP contribution in [-0.2, 0) is 9.84 Å². The molecule has 8 heteroatoms. The van der Waals surface area contributed by atoms with Gasteiger partial charge in [-0.15, -0.1) is 11.3 Å². The van der Waals surface area contributed by atoms with Gasteiger partial charge in [0, 0.05) is 24.2 Å². The van der Waals surface area contributed by atoms with Gasteiger partial charge in [-0.05, 0) is 20.3 Å². The molecule has 0 saturated carbocycles. The van der Waals surface area contributed by atoms with Crippen molar-refractivity contribution >= 4 is 32.0 Å². The van der Waals surface area contributed by atoms with Crippen LogP contribution in [0.1, 0.15) is 29.5 Å². The molecule has 0 bridgehead atoms. The summed E-state index contributed by atoms with van der Waals surface area (Å²) >= 11 is 1.48. The van der Waals surface area contributed by atoms with Crippen LogP contribution in [0.4, 0.5) is 0 Å². The second kappa shape index (κ2) is 5.10. The fourth-order valence-corrected chi connectivity index (χ4v) is 5.37. The van der Waals surface area contributed by atoms with Crippen LogP contribution in [0.25, 0.3) is 4.96 Å². The molecule has 0 spiro atoms. The zero-order chi connectivity index (χ0) is 15.2. The maximum absolute atomic E-state index is 12.8. The lowest BCUT2D eigenvalue weighted by Gasteiger charge is -2.26. The number of sulfone groups is 1. The second-order valence-electron chi connectivity index (χ2n) is 5.25. The summed E-state index contributed by atoms with van der Waals surface area (Å²) < 4.78 is 25.1. The van der Waals surface area contributed by atoms with Gasteiger partial charge >= 0.3 is 0 Å². The molecule has 1 aliphatic heterocycles. The minimum absolute atomic E-state index is 0.0667. The molecular formula is C13H17N3O3S2. The van der Waals surface area contributed by atoms with Crippen LogP contribution in [0, 0.1) is 6.92 Å². The number of amides is 1. The molecule has 3 heterocycles. The molecular weight excluding hydrogens is 310 g/mol. The predicted octanol–water partition coefficient (Wildman–Crippen LogP) is 1.35. The van der Waals surface area contributed by atoms with Crippen LogP contribution in [0.2, 0.25) is 0 Å². The lowest BCUT2D eigenvalue weighted by molar-refractivity contribution is 0.0700. The van der Waals surface area contributed by atoms with Gasteiger partial charge in [-0.25, -0.2) is 13.4 Å². The predicted molar refractivity (Wildman–Crippen MR) is 81.6 cm³/mol. The molecule has 0 aromatic carbocycles. The van der Waals surface area contributed by atoms with Crippen molar-refractivity contribution in [1.29, 1.82) is 0 Å². The van der Waals surface area contributed by atoms with Gasteiger partial charge in [0.15, 0.2) is 14.8 Å². The highest BCUT2D eigenvalue weighted by Crippen LogP contribution is 2.23. The molecule has 1 atom stereocenters. The SMILES string of the molecule is CCN(C(=O)c1c(C)nc2sccn12)[C@H]1CCS(=O)(=O)C1. The second-order valence-corrected chi connectivity index (χ2v) is 8.35. The van der Waals surface area contributed by atoms with Crippen molar-refractivity contribution in [2.24, 2.45) is 0 Å². The first-order valence-electron chi connectivity index (χ1n) is 6.86. The van der Waals surface area contributed by atoms with E-state index < -0.39 is 9.84 Å². The molecule has 2 aromatic rings. The minimum Gasteiger partial charge on any atom is -0.334 e. The summed E-state index contributed by atoms with van der Waals surface area (Å²) in [6.07, 6.45) is 2.35. The van der Waals surface area contributed by atoms with Gasteiger partial charge in [-0.3, -0.25) is 9.20 Å². The third-order valence-corrected chi connectivity index (χ3v) is 6.40. The summed E-state index contributed by atoms with van der Waals surface area (Å²) in [5.41, 5.74) is 1.23. The average molecular weight is 327 g/mol. The van der Waals surface area contributed by atoms with Gasteiger partial charge < -0.3 is 4.90 Å². The van der Waals surface area contributed by atoms with Gasteiger partial charge in [0.1, 0.15) is 5.69 Å². The Labute approximate surface area is 127 Å². The van der Waals surface area contributed by atoms with Crippen LogP contribution in [0.3, 0.4) is 0 Å². The standard InChI is InChI=1S/C13H17N3O3S2/c1-3-15(10-4-7-21(18,19)8-10)12(17)11-9(2)14-13-16(11)5-6-20-13/h5-6,10H,3-4,7-8H2,1-2H3/t10-/m0/s1. The Hall–Kier alpha value is -1.41. The van der Waals surface area contributed by atoms with Crippen molar-refractivity contribution in [1.82, 2.24) is 14.3 Å². The summed E-state index contributed by atoms with van der Waals surface area (Å²) in [5, 5.41) is 1.88. The monoisotopic (exact) mass is 327 g/mol. The molecule has 1 aliphatic rings. The van der Waals surface area contributed by atoms with Crippen molar-refractivity contribution in [2.45, 2.75) is 26.3 Å². The van der Waals surface area contributed by atoms with Gasteiger partial charge in [0.2, 0.25) is 0 Å². The maximum Gasteiger partial charge on any atom is 0.273 e. The van der Waals surface area contributed by atoms with E-state index in [1.54, 1.807) is 9.30 Å². The van der Waals surface area contributed by atoms with E-state index in [9.17, 15) is 13.2 Å². The summed E-state index contributed by atoms with van der Waals surface area (Å²) in [6, 6.07) is -0.226. The molecule has 0 unspecified atom stereocenters. The van der Waals surface area contributed by atoms with E-state index in [0.717, 1.165) is 4.96 Å². The van der Waals surface area contributed by atoms with E-state index in [2.05, 4.69) is 4.98 Å². The molecule has 3 rings (SSSR count). The van der Waals surface area contributed by atoms with E-state index in [4.69, 9.17) is 0 Å². The Morgan fingerprint density at radius 2 is 2.33 bits per heavy atom. The fourth-order valence-electron chi connectivity index (χ4n) is 2.88. The lowest BCUT2D eigenvalue weighted by atomic mass is 10.2. The number of aromatic nitrogens is 2. The van der Waals surface area contributed by atoms with Crippen molar-refractivity contribution < 1.29 is 13.2 Å². The molecule has 1 amide bonds. The fraction of sp³-hybridized carbons (Fsp3) is 0.538. The van der Waals surface area contributed by atoms with Gasteiger partial charge in [-0.1, -0.05) is 0 Å². The quantitative estimate of drug-likeness (QED) is 0.853. The molecule has 6 nitrogen and oxygen atoms in total. The van der Waals surface area contributed by atoms with Crippen LogP contribution >= 0.6 is 11.3 Å². The Morgan fingerprint density at radius 1 is 1.57 bits per heavy atom. The number of hydrogen-bond donors (Lipinski definition) is 0. The molecule has 1 saturated heterocycles. The number of nitrogens with zero attached hydrogens (tertiary/aromatic N) is 3. The molecule has 21 heavy (non-hydrogen) atoms. The van der Waals surface area contributed by atoms with Crippen LogP contribution in [-0.4, -0.2) is 52.7 Å². The van der Waals surface area contributed by atoms with Gasteiger partial charge in [0.25, 0.3) is 5.91 Å². The molecule has 1 fully saturated rings. The van der Waals surface area contributed by atoms with E-state index in [-0.39, 0.29) is 23.5 Å². The lowest BCUT2D eigenvalue weighted by Crippen LogP contribution is -2.41. The van der Waals surface area contributed by atoms with E-state index in [0.29, 0.717) is 24.4 Å². The molecule has 2 aromatic heterocycles. The number of hydrogen-bond acceptors (Lipinski definition) is 5. The number of aryl methyl sites for hydroxylation is 1. The number of carbonyl (C=O) groups excluding carboxylic acids is 1. The summed E-state index contributed by atoms with van der Waals surface area (Å²) in [7, 11) is -3.01. The molecule has 0 N–H and O–H groups in total. The number of rotatable bonds is 3. The topological polar surface area (TPSA) is 71.8 Å². The van der Waals surface area contributed by atoms with Crippen molar-refractivity contribution in [3.05, 3.63) is 23.0 Å². The Balaban J connectivity index is 1.96. The Morgan fingerprint density at radius 3 is 2.95 bits per heavy atom. The third kappa shape index (κ3) is 2.46. The Bertz CT molecular complexity index is 791. The largest absolute Gasteiger partial charge is 0.334 e. The van der Waals surface area contributed by atoms with E-state index >= 15 is 0 Å². The smallest absolute Gasteiger partial charge is 0.273 e. The first kappa shape index (κ1) is 14.5. The van der Waals surface area contributed by atoms with Crippen molar-refractivity contribution in [3.63, 3.8) is 0 Å². The highest BCUT2D eigenvalue weighted by Gasteiger charge is 2.35. The highest BCUT2D eigenvalue weighted by molar-refractivity contribution is 7.91. The zero-order valence-electron chi connectivity index (χ0n) is 11.9. The summed E-state index contributed by atoms with van der Waals surface area (Å²) in [6.45, 7) is 4.19. The number of imidazole rings is 1. The number of carbonyl (C=O) groups is 1. The van der Waals surface area contributed by atoms with Crippen LogP contribution < -0.4 is 0 Å². The van der Waals surface area contributed by atoms with Gasteiger partial charge in [-0.2, -0.15) is 0 Å².